The van der Waals surface area contributed by atoms with Gasteiger partial charge >= 0.3 is 5.97 Å². The maximum absolute atomic E-state index is 11.6. The lowest BCUT2D eigenvalue weighted by Gasteiger charge is -2.11. The Kier molecular flexibility index (Phi) is 5.32. The van der Waals surface area contributed by atoms with E-state index in [9.17, 15) is 9.59 Å². The molecule has 1 unspecified atom stereocenters. The molecule has 0 saturated heterocycles. The Balaban J connectivity index is 2.58. The Hall–Kier alpha value is -1.88. The highest BCUT2D eigenvalue weighted by Crippen LogP contribution is 2.11. The third-order valence-corrected chi connectivity index (χ3v) is 2.51. The van der Waals surface area contributed by atoms with Crippen LogP contribution in [0.4, 0.5) is 5.69 Å². The standard InChI is InChI=1S/C13H18N2O3/c1-2-3-11(14)13(18)15-10-6-4-9(5-7-10)8-12(16)17/h4-7,11H,2-3,8,14H2,1H3,(H,15,18)(H,16,17). The second-order valence-corrected chi connectivity index (χ2v) is 4.15. The van der Waals surface area contributed by atoms with E-state index in [2.05, 4.69) is 5.32 Å². The van der Waals surface area contributed by atoms with Crippen LogP contribution >= 0.6 is 0 Å². The van der Waals surface area contributed by atoms with Gasteiger partial charge in [0.25, 0.3) is 0 Å². The summed E-state index contributed by atoms with van der Waals surface area (Å²) in [5.41, 5.74) is 7.00. The molecule has 0 fully saturated rings. The summed E-state index contributed by atoms with van der Waals surface area (Å²) < 4.78 is 0. The average Bonchev–Trinajstić information content (AvgIpc) is 2.31. The number of amides is 1. The van der Waals surface area contributed by atoms with Crippen molar-refractivity contribution in [2.75, 3.05) is 5.32 Å². The van der Waals surface area contributed by atoms with Crippen molar-refractivity contribution in [1.29, 1.82) is 0 Å². The number of benzene rings is 1. The zero-order valence-electron chi connectivity index (χ0n) is 10.3. The van der Waals surface area contributed by atoms with Crippen LogP contribution in [0.15, 0.2) is 24.3 Å². The maximum Gasteiger partial charge on any atom is 0.307 e. The third-order valence-electron chi connectivity index (χ3n) is 2.51. The number of nitrogens with one attached hydrogen (secondary N) is 1. The van der Waals surface area contributed by atoms with Crippen LogP contribution in [0.1, 0.15) is 25.3 Å². The minimum Gasteiger partial charge on any atom is -0.481 e. The molecule has 0 saturated carbocycles. The third kappa shape index (κ3) is 4.55. The van der Waals surface area contributed by atoms with Crippen LogP contribution in [0.2, 0.25) is 0 Å². The first-order valence-corrected chi connectivity index (χ1v) is 5.90. The van der Waals surface area contributed by atoms with E-state index in [0.717, 1.165) is 6.42 Å². The molecule has 18 heavy (non-hydrogen) atoms. The summed E-state index contributed by atoms with van der Waals surface area (Å²) in [7, 11) is 0. The van der Waals surface area contributed by atoms with E-state index in [1.807, 2.05) is 6.92 Å². The Bertz CT molecular complexity index is 415. The number of nitrogens with two attached hydrogens (primary N) is 1. The summed E-state index contributed by atoms with van der Waals surface area (Å²) in [4.78, 5) is 22.1. The molecule has 0 heterocycles. The smallest absolute Gasteiger partial charge is 0.307 e. The summed E-state index contributed by atoms with van der Waals surface area (Å²) in [6, 6.07) is 6.20. The van der Waals surface area contributed by atoms with Crippen LogP contribution in [0.3, 0.4) is 0 Å². The second kappa shape index (κ2) is 6.76. The number of carboxylic acids is 1. The van der Waals surface area contributed by atoms with Gasteiger partial charge in [0.2, 0.25) is 5.91 Å². The molecule has 1 rings (SSSR count). The van der Waals surface area contributed by atoms with Gasteiger partial charge in [0.15, 0.2) is 0 Å². The first-order valence-electron chi connectivity index (χ1n) is 5.90. The van der Waals surface area contributed by atoms with Crippen molar-refractivity contribution in [3.8, 4) is 0 Å². The van der Waals surface area contributed by atoms with Crippen molar-refractivity contribution < 1.29 is 14.7 Å². The maximum atomic E-state index is 11.6. The molecule has 0 aliphatic carbocycles. The van der Waals surface area contributed by atoms with Crippen molar-refractivity contribution in [3.05, 3.63) is 29.8 Å². The predicted molar refractivity (Wildman–Crippen MR) is 69.3 cm³/mol. The van der Waals surface area contributed by atoms with Crippen LogP contribution in [-0.4, -0.2) is 23.0 Å². The van der Waals surface area contributed by atoms with E-state index in [1.54, 1.807) is 24.3 Å². The van der Waals surface area contributed by atoms with E-state index < -0.39 is 12.0 Å². The van der Waals surface area contributed by atoms with Gasteiger partial charge in [-0.1, -0.05) is 25.5 Å². The minimum absolute atomic E-state index is 0.0242. The molecule has 1 atom stereocenters. The van der Waals surface area contributed by atoms with Crippen molar-refractivity contribution in [1.82, 2.24) is 0 Å². The molecular formula is C13H18N2O3. The van der Waals surface area contributed by atoms with Crippen LogP contribution < -0.4 is 11.1 Å². The monoisotopic (exact) mass is 250 g/mol. The predicted octanol–water partition coefficient (Wildman–Crippen LogP) is 1.38. The zero-order chi connectivity index (χ0) is 13.5. The largest absolute Gasteiger partial charge is 0.481 e. The first kappa shape index (κ1) is 14.2. The molecule has 0 aliphatic heterocycles. The van der Waals surface area contributed by atoms with Crippen LogP contribution in [0.5, 0.6) is 0 Å². The van der Waals surface area contributed by atoms with E-state index in [1.165, 1.54) is 0 Å². The summed E-state index contributed by atoms with van der Waals surface area (Å²) in [5, 5.41) is 11.3. The summed E-state index contributed by atoms with van der Waals surface area (Å²) >= 11 is 0. The molecule has 5 heteroatoms. The van der Waals surface area contributed by atoms with Crippen molar-refractivity contribution in [3.63, 3.8) is 0 Å². The highest BCUT2D eigenvalue weighted by Gasteiger charge is 2.12. The van der Waals surface area contributed by atoms with Gasteiger partial charge in [0, 0.05) is 5.69 Å². The SMILES string of the molecule is CCCC(N)C(=O)Nc1ccc(CC(=O)O)cc1. The second-order valence-electron chi connectivity index (χ2n) is 4.15. The van der Waals surface area contributed by atoms with Gasteiger partial charge in [-0.15, -0.1) is 0 Å². The molecule has 0 aliphatic rings. The van der Waals surface area contributed by atoms with Gasteiger partial charge in [0.05, 0.1) is 12.5 Å². The number of carboxylic acid groups (broad SMARTS) is 1. The fourth-order valence-electron chi connectivity index (χ4n) is 1.56. The molecule has 0 bridgehead atoms. The molecule has 5 nitrogen and oxygen atoms in total. The molecule has 1 amide bonds. The lowest BCUT2D eigenvalue weighted by molar-refractivity contribution is -0.136. The normalized spacial score (nSPS) is 11.9. The fraction of sp³-hybridized carbons (Fsp3) is 0.385. The van der Waals surface area contributed by atoms with E-state index in [-0.39, 0.29) is 12.3 Å². The lowest BCUT2D eigenvalue weighted by atomic mass is 10.1. The van der Waals surface area contributed by atoms with Gasteiger partial charge in [-0.25, -0.2) is 0 Å². The van der Waals surface area contributed by atoms with Gasteiger partial charge in [-0.3, -0.25) is 9.59 Å². The summed E-state index contributed by atoms with van der Waals surface area (Å²) in [5.74, 6) is -1.10. The van der Waals surface area contributed by atoms with Crippen LogP contribution in [0, 0.1) is 0 Å². The Labute approximate surface area is 106 Å². The van der Waals surface area contributed by atoms with E-state index >= 15 is 0 Å². The topological polar surface area (TPSA) is 92.4 Å². The molecule has 0 spiro atoms. The number of hydrogen-bond acceptors (Lipinski definition) is 3. The molecule has 1 aromatic rings. The van der Waals surface area contributed by atoms with E-state index in [0.29, 0.717) is 17.7 Å². The van der Waals surface area contributed by atoms with Gasteiger partial charge in [-0.2, -0.15) is 0 Å². The Morgan fingerprint density at radius 1 is 1.33 bits per heavy atom. The number of anilines is 1. The molecule has 0 aromatic heterocycles. The van der Waals surface area contributed by atoms with Gasteiger partial charge in [0.1, 0.15) is 0 Å². The highest BCUT2D eigenvalue weighted by molar-refractivity contribution is 5.94. The molecular weight excluding hydrogens is 232 g/mol. The average molecular weight is 250 g/mol. The van der Waals surface area contributed by atoms with Gasteiger partial charge in [-0.05, 0) is 24.1 Å². The van der Waals surface area contributed by atoms with E-state index in [4.69, 9.17) is 10.8 Å². The minimum atomic E-state index is -0.878. The van der Waals surface area contributed by atoms with Gasteiger partial charge < -0.3 is 16.2 Å². The first-order chi connectivity index (χ1) is 8.52. The quantitative estimate of drug-likeness (QED) is 0.711. The zero-order valence-corrected chi connectivity index (χ0v) is 10.3. The number of aliphatic carboxylic acids is 1. The fourth-order valence-corrected chi connectivity index (χ4v) is 1.56. The number of carbonyl (C=O) groups is 2. The van der Waals surface area contributed by atoms with Crippen molar-refractivity contribution >= 4 is 17.6 Å². The lowest BCUT2D eigenvalue weighted by Crippen LogP contribution is -2.35. The van der Waals surface area contributed by atoms with Crippen molar-refractivity contribution in [2.45, 2.75) is 32.2 Å². The number of hydrogen-bond donors (Lipinski definition) is 3. The van der Waals surface area contributed by atoms with Crippen molar-refractivity contribution in [2.24, 2.45) is 5.73 Å². The van der Waals surface area contributed by atoms with Crippen LogP contribution in [0.25, 0.3) is 0 Å². The summed E-state index contributed by atoms with van der Waals surface area (Å²) in [6.07, 6.45) is 1.47. The number of carbonyl (C=O) groups excluding carboxylic acids is 1. The molecule has 1 aromatic carbocycles. The summed E-state index contributed by atoms with van der Waals surface area (Å²) in [6.45, 7) is 1.97. The highest BCUT2D eigenvalue weighted by atomic mass is 16.4. The molecule has 0 radical (unpaired) electrons. The number of rotatable bonds is 6. The molecule has 98 valence electrons. The van der Waals surface area contributed by atoms with Crippen LogP contribution in [-0.2, 0) is 16.0 Å². The molecule has 4 N–H and O–H groups in total. The Morgan fingerprint density at radius 3 is 2.44 bits per heavy atom. The Morgan fingerprint density at radius 2 is 1.94 bits per heavy atom.